The second-order valence-electron chi connectivity index (χ2n) is 7.48. The lowest BCUT2D eigenvalue weighted by molar-refractivity contribution is -0.0162. The van der Waals surface area contributed by atoms with Crippen LogP contribution in [-0.4, -0.2) is 77.6 Å². The highest BCUT2D eigenvalue weighted by atomic mass is 16.4. The molecule has 4 fully saturated rings. The second kappa shape index (κ2) is 6.82. The van der Waals surface area contributed by atoms with Gasteiger partial charge in [-0.15, -0.1) is 0 Å². The lowest BCUT2D eigenvalue weighted by Crippen LogP contribution is -2.60. The van der Waals surface area contributed by atoms with Crippen LogP contribution in [0.1, 0.15) is 28.8 Å². The highest BCUT2D eigenvalue weighted by molar-refractivity contribution is 5.89. The Morgan fingerprint density at radius 2 is 1.75 bits per heavy atom. The summed E-state index contributed by atoms with van der Waals surface area (Å²) in [7, 11) is 0. The summed E-state index contributed by atoms with van der Waals surface area (Å²) >= 11 is 0. The summed E-state index contributed by atoms with van der Waals surface area (Å²) in [5.41, 5.74) is 1.37. The van der Waals surface area contributed by atoms with E-state index in [2.05, 4.69) is 14.7 Å². The van der Waals surface area contributed by atoms with Gasteiger partial charge in [0.05, 0.1) is 5.56 Å². The molecule has 4 saturated heterocycles. The van der Waals surface area contributed by atoms with Crippen LogP contribution in [0.2, 0.25) is 0 Å². The highest BCUT2D eigenvalue weighted by Gasteiger charge is 2.38. The second-order valence-corrected chi connectivity index (χ2v) is 7.48. The molecule has 0 radical (unpaired) electrons. The third kappa shape index (κ3) is 3.21. The van der Waals surface area contributed by atoms with E-state index in [4.69, 9.17) is 0 Å². The van der Waals surface area contributed by atoms with E-state index in [1.165, 1.54) is 32.5 Å². The number of piperidine rings is 3. The highest BCUT2D eigenvalue weighted by Crippen LogP contribution is 2.31. The van der Waals surface area contributed by atoms with E-state index in [0.717, 1.165) is 50.2 Å². The van der Waals surface area contributed by atoms with Crippen LogP contribution in [0, 0.1) is 5.92 Å². The summed E-state index contributed by atoms with van der Waals surface area (Å²) in [6, 6.07) is 8.15. The summed E-state index contributed by atoms with van der Waals surface area (Å²) in [4.78, 5) is 19.1. The summed E-state index contributed by atoms with van der Waals surface area (Å²) in [5.74, 6) is 0.0748. The quantitative estimate of drug-likeness (QED) is 0.909. The molecule has 4 aliphatic heterocycles. The lowest BCUT2D eigenvalue weighted by atomic mass is 9.83. The van der Waals surface area contributed by atoms with Gasteiger partial charge >= 0.3 is 5.97 Å². The van der Waals surface area contributed by atoms with Crippen LogP contribution < -0.4 is 0 Å². The molecule has 4 heterocycles. The normalized spacial score (nSPS) is 31.2. The van der Waals surface area contributed by atoms with Crippen molar-refractivity contribution >= 4 is 5.97 Å². The minimum absolute atomic E-state index is 0.442. The van der Waals surface area contributed by atoms with Crippen LogP contribution in [0.5, 0.6) is 0 Å². The molecule has 0 aromatic heterocycles. The molecule has 5 rings (SSSR count). The SMILES string of the molecule is O=C(O)c1ccccc1CN1CCN([C@@H]2CN3CCC2CC3)CC1. The first-order valence-electron chi connectivity index (χ1n) is 9.20. The minimum atomic E-state index is -0.823. The molecule has 130 valence electrons. The fraction of sp³-hybridized carbons (Fsp3) is 0.632. The predicted molar refractivity (Wildman–Crippen MR) is 93.2 cm³/mol. The molecule has 1 aromatic rings. The number of piperazine rings is 1. The van der Waals surface area contributed by atoms with E-state index in [1.807, 2.05) is 12.1 Å². The van der Waals surface area contributed by atoms with Crippen LogP contribution in [0.15, 0.2) is 24.3 Å². The largest absolute Gasteiger partial charge is 0.478 e. The van der Waals surface area contributed by atoms with E-state index in [0.29, 0.717) is 5.56 Å². The predicted octanol–water partition coefficient (Wildman–Crippen LogP) is 1.60. The zero-order valence-electron chi connectivity index (χ0n) is 14.2. The Labute approximate surface area is 143 Å². The van der Waals surface area contributed by atoms with Crippen LogP contribution in [0.25, 0.3) is 0 Å². The van der Waals surface area contributed by atoms with Gasteiger partial charge in [-0.1, -0.05) is 18.2 Å². The molecule has 0 unspecified atom stereocenters. The molecule has 0 saturated carbocycles. The Bertz CT molecular complexity index is 590. The maximum absolute atomic E-state index is 11.4. The standard InChI is InChI=1S/C19H27N3O2/c23-19(24)17-4-2-1-3-16(17)13-21-9-11-22(12-10-21)18-14-20-7-5-15(18)6-8-20/h1-4,15,18H,5-14H2,(H,23,24)/t18-/m1/s1. The first-order chi connectivity index (χ1) is 11.7. The van der Waals surface area contributed by atoms with Gasteiger partial charge in [-0.05, 0) is 43.5 Å². The van der Waals surface area contributed by atoms with Gasteiger partial charge in [0.15, 0.2) is 0 Å². The van der Waals surface area contributed by atoms with Crippen molar-refractivity contribution in [2.75, 3.05) is 45.8 Å². The van der Waals surface area contributed by atoms with Crippen molar-refractivity contribution in [1.29, 1.82) is 0 Å². The fourth-order valence-electron chi connectivity index (χ4n) is 4.71. The van der Waals surface area contributed by atoms with Crippen LogP contribution in [0.4, 0.5) is 0 Å². The molecule has 1 N–H and O–H groups in total. The Kier molecular flexibility index (Phi) is 4.57. The number of hydrogen-bond donors (Lipinski definition) is 1. The summed E-state index contributed by atoms with van der Waals surface area (Å²) in [6.45, 7) is 8.91. The molecule has 0 amide bonds. The third-order valence-corrected chi connectivity index (χ3v) is 6.14. The number of carboxylic acid groups (broad SMARTS) is 1. The molecule has 24 heavy (non-hydrogen) atoms. The Hall–Kier alpha value is -1.43. The Morgan fingerprint density at radius 3 is 2.38 bits per heavy atom. The smallest absolute Gasteiger partial charge is 0.336 e. The van der Waals surface area contributed by atoms with E-state index < -0.39 is 5.97 Å². The monoisotopic (exact) mass is 329 g/mol. The van der Waals surface area contributed by atoms with E-state index in [9.17, 15) is 9.90 Å². The molecule has 5 nitrogen and oxygen atoms in total. The van der Waals surface area contributed by atoms with Gasteiger partial charge in [-0.2, -0.15) is 0 Å². The van der Waals surface area contributed by atoms with Gasteiger partial charge in [0.2, 0.25) is 0 Å². The van der Waals surface area contributed by atoms with Crippen molar-refractivity contribution in [3.8, 4) is 0 Å². The zero-order chi connectivity index (χ0) is 16.5. The fourth-order valence-corrected chi connectivity index (χ4v) is 4.71. The minimum Gasteiger partial charge on any atom is -0.478 e. The van der Waals surface area contributed by atoms with Gasteiger partial charge in [0.1, 0.15) is 0 Å². The summed E-state index contributed by atoms with van der Waals surface area (Å²) < 4.78 is 0. The van der Waals surface area contributed by atoms with Crippen molar-refractivity contribution < 1.29 is 9.90 Å². The average Bonchev–Trinajstić information content (AvgIpc) is 2.63. The van der Waals surface area contributed by atoms with E-state index in [-0.39, 0.29) is 0 Å². The van der Waals surface area contributed by atoms with E-state index >= 15 is 0 Å². The number of aromatic carboxylic acids is 1. The van der Waals surface area contributed by atoms with Gasteiger partial charge < -0.3 is 10.0 Å². The molecule has 0 aliphatic carbocycles. The van der Waals surface area contributed by atoms with Crippen molar-refractivity contribution in [2.45, 2.75) is 25.4 Å². The number of benzene rings is 1. The molecule has 1 atom stereocenters. The number of carbonyl (C=O) groups is 1. The molecular formula is C19H27N3O2. The maximum Gasteiger partial charge on any atom is 0.336 e. The Balaban J connectivity index is 1.34. The summed E-state index contributed by atoms with van der Waals surface area (Å²) in [6.07, 6.45) is 2.74. The number of fused-ring (bicyclic) bond motifs is 3. The van der Waals surface area contributed by atoms with Gasteiger partial charge in [-0.25, -0.2) is 4.79 Å². The van der Waals surface area contributed by atoms with Crippen molar-refractivity contribution in [2.24, 2.45) is 5.92 Å². The first-order valence-corrected chi connectivity index (χ1v) is 9.20. The van der Waals surface area contributed by atoms with Crippen LogP contribution in [0.3, 0.4) is 0 Å². The first kappa shape index (κ1) is 16.1. The van der Waals surface area contributed by atoms with Gasteiger partial charge in [0, 0.05) is 45.3 Å². The molecule has 0 spiro atoms. The van der Waals surface area contributed by atoms with Gasteiger partial charge in [-0.3, -0.25) is 9.80 Å². The maximum atomic E-state index is 11.4. The van der Waals surface area contributed by atoms with Crippen molar-refractivity contribution in [3.63, 3.8) is 0 Å². The number of carboxylic acids is 1. The topological polar surface area (TPSA) is 47.0 Å². The van der Waals surface area contributed by atoms with E-state index in [1.54, 1.807) is 12.1 Å². The molecule has 4 aliphatic rings. The number of rotatable bonds is 4. The van der Waals surface area contributed by atoms with Gasteiger partial charge in [0.25, 0.3) is 0 Å². The third-order valence-electron chi connectivity index (χ3n) is 6.14. The van der Waals surface area contributed by atoms with Crippen molar-refractivity contribution in [3.05, 3.63) is 35.4 Å². The number of hydrogen-bond acceptors (Lipinski definition) is 4. The molecule has 5 heteroatoms. The average molecular weight is 329 g/mol. The molecule has 2 bridgehead atoms. The summed E-state index contributed by atoms with van der Waals surface area (Å²) in [5, 5.41) is 9.34. The van der Waals surface area contributed by atoms with Crippen molar-refractivity contribution in [1.82, 2.24) is 14.7 Å². The molecule has 1 aromatic carbocycles. The van der Waals surface area contributed by atoms with Crippen LogP contribution >= 0.6 is 0 Å². The lowest BCUT2D eigenvalue weighted by Gasteiger charge is -2.51. The van der Waals surface area contributed by atoms with Crippen LogP contribution in [-0.2, 0) is 6.54 Å². The Morgan fingerprint density at radius 1 is 1.04 bits per heavy atom. The molecular weight excluding hydrogens is 302 g/mol. The zero-order valence-corrected chi connectivity index (χ0v) is 14.2. The number of nitrogens with zero attached hydrogens (tertiary/aromatic N) is 3.